The fourth-order valence-corrected chi connectivity index (χ4v) is 1.01. The number of nitrogens with one attached hydrogen (secondary N) is 1. The molecule has 0 saturated heterocycles. The lowest BCUT2D eigenvalue weighted by atomic mass is 10.1. The lowest BCUT2D eigenvalue weighted by Crippen LogP contribution is -2.08. The van der Waals surface area contributed by atoms with Crippen LogP contribution in [-0.4, -0.2) is 5.11 Å². The summed E-state index contributed by atoms with van der Waals surface area (Å²) in [6, 6.07) is 5.11. The largest absolute Gasteiger partial charge is 0.508 e. The number of hydrazine groups is 1. The van der Waals surface area contributed by atoms with E-state index >= 15 is 0 Å². The van der Waals surface area contributed by atoms with Crippen LogP contribution in [0.3, 0.4) is 0 Å². The summed E-state index contributed by atoms with van der Waals surface area (Å²) < 4.78 is 0. The molecule has 0 aromatic heterocycles. The molecule has 0 atom stereocenters. The van der Waals surface area contributed by atoms with Crippen LogP contribution in [0.4, 0.5) is 5.69 Å². The minimum absolute atomic E-state index is 0.232. The van der Waals surface area contributed by atoms with Crippen molar-refractivity contribution in [2.24, 2.45) is 5.84 Å². The molecule has 1 rings (SSSR count). The van der Waals surface area contributed by atoms with Crippen molar-refractivity contribution in [1.29, 1.82) is 0 Å². The van der Waals surface area contributed by atoms with Crippen LogP contribution in [-0.2, 0) is 6.42 Å². The third kappa shape index (κ3) is 1.62. The highest BCUT2D eigenvalue weighted by Gasteiger charge is 1.98. The summed E-state index contributed by atoms with van der Waals surface area (Å²) in [5.74, 6) is 5.47. The van der Waals surface area contributed by atoms with Crippen LogP contribution >= 0.6 is 0 Å². The first kappa shape index (κ1) is 7.88. The van der Waals surface area contributed by atoms with E-state index in [2.05, 4.69) is 5.43 Å². The molecule has 0 fully saturated rings. The molecule has 0 aliphatic carbocycles. The van der Waals surface area contributed by atoms with Crippen molar-refractivity contribution >= 4 is 5.69 Å². The van der Waals surface area contributed by atoms with Gasteiger partial charge in [-0.2, -0.15) is 0 Å². The van der Waals surface area contributed by atoms with Crippen molar-refractivity contribution in [3.63, 3.8) is 0 Å². The number of nitrogen functional groups attached to an aromatic ring is 1. The summed E-state index contributed by atoms with van der Waals surface area (Å²) in [5, 5.41) is 9.07. The van der Waals surface area contributed by atoms with E-state index in [1.165, 1.54) is 0 Å². The highest BCUT2D eigenvalue weighted by molar-refractivity contribution is 5.53. The number of rotatable bonds is 2. The Kier molecular flexibility index (Phi) is 2.33. The smallest absolute Gasteiger partial charge is 0.117 e. The van der Waals surface area contributed by atoms with E-state index in [1.807, 2.05) is 13.0 Å². The molecule has 3 heteroatoms. The van der Waals surface area contributed by atoms with Gasteiger partial charge in [0.05, 0.1) is 5.69 Å². The highest BCUT2D eigenvalue weighted by Crippen LogP contribution is 2.20. The highest BCUT2D eigenvalue weighted by atomic mass is 16.3. The lowest BCUT2D eigenvalue weighted by Gasteiger charge is -2.06. The molecule has 0 unspecified atom stereocenters. The summed E-state index contributed by atoms with van der Waals surface area (Å²) in [4.78, 5) is 0. The van der Waals surface area contributed by atoms with Gasteiger partial charge in [-0.15, -0.1) is 0 Å². The maximum Gasteiger partial charge on any atom is 0.117 e. The van der Waals surface area contributed by atoms with Gasteiger partial charge in [-0.05, 0) is 18.1 Å². The Balaban J connectivity index is 3.06. The van der Waals surface area contributed by atoms with E-state index in [9.17, 15) is 0 Å². The predicted octanol–water partition coefficient (Wildman–Crippen LogP) is 1.24. The van der Waals surface area contributed by atoms with Crippen molar-refractivity contribution in [2.45, 2.75) is 13.3 Å². The minimum Gasteiger partial charge on any atom is -0.508 e. The van der Waals surface area contributed by atoms with E-state index in [0.717, 1.165) is 17.7 Å². The van der Waals surface area contributed by atoms with Gasteiger partial charge in [-0.1, -0.05) is 13.0 Å². The van der Waals surface area contributed by atoms with Gasteiger partial charge in [0.25, 0.3) is 0 Å². The normalized spacial score (nSPS) is 9.64. The van der Waals surface area contributed by atoms with E-state index < -0.39 is 0 Å². The molecule has 0 heterocycles. The average molecular weight is 152 g/mol. The Labute approximate surface area is 65.8 Å². The second-order valence-corrected chi connectivity index (χ2v) is 2.34. The van der Waals surface area contributed by atoms with Crippen LogP contribution in [0.1, 0.15) is 12.5 Å². The zero-order chi connectivity index (χ0) is 8.27. The van der Waals surface area contributed by atoms with Gasteiger partial charge in [-0.25, -0.2) is 0 Å². The second-order valence-electron chi connectivity index (χ2n) is 2.34. The maximum absolute atomic E-state index is 9.07. The maximum atomic E-state index is 9.07. The topological polar surface area (TPSA) is 58.3 Å². The van der Waals surface area contributed by atoms with Gasteiger partial charge >= 0.3 is 0 Å². The minimum atomic E-state index is 0.232. The molecule has 0 aliphatic heterocycles. The van der Waals surface area contributed by atoms with E-state index in [4.69, 9.17) is 10.9 Å². The number of aromatic hydroxyl groups is 1. The molecule has 0 spiro atoms. The van der Waals surface area contributed by atoms with Crippen LogP contribution < -0.4 is 11.3 Å². The van der Waals surface area contributed by atoms with Gasteiger partial charge < -0.3 is 10.5 Å². The number of hydrogen-bond donors (Lipinski definition) is 3. The molecule has 60 valence electrons. The van der Waals surface area contributed by atoms with E-state index in [0.29, 0.717) is 0 Å². The Morgan fingerprint density at radius 1 is 1.55 bits per heavy atom. The van der Waals surface area contributed by atoms with Gasteiger partial charge in [0.2, 0.25) is 0 Å². The molecule has 1 aromatic rings. The summed E-state index contributed by atoms with van der Waals surface area (Å²) in [7, 11) is 0. The first-order valence-corrected chi connectivity index (χ1v) is 3.56. The van der Waals surface area contributed by atoms with Crippen LogP contribution in [0.25, 0.3) is 0 Å². The molecule has 0 saturated carbocycles. The first-order chi connectivity index (χ1) is 5.27. The average Bonchev–Trinajstić information content (AvgIpc) is 2.04. The third-order valence-electron chi connectivity index (χ3n) is 1.63. The standard InChI is InChI=1S/C8H12N2O/c1-2-6-3-4-7(11)5-8(6)10-9/h3-5,10-11H,2,9H2,1H3. The van der Waals surface area contributed by atoms with Crippen molar-refractivity contribution in [1.82, 2.24) is 0 Å². The summed E-state index contributed by atoms with van der Waals surface area (Å²) in [5.41, 5.74) is 4.41. The molecule has 0 radical (unpaired) electrons. The van der Waals surface area contributed by atoms with Crippen molar-refractivity contribution in [2.75, 3.05) is 5.43 Å². The van der Waals surface area contributed by atoms with Gasteiger partial charge in [-0.3, -0.25) is 5.84 Å². The van der Waals surface area contributed by atoms with Crippen molar-refractivity contribution in [3.05, 3.63) is 23.8 Å². The molecule has 1 aromatic carbocycles. The van der Waals surface area contributed by atoms with E-state index in [1.54, 1.807) is 12.1 Å². The molecule has 4 N–H and O–H groups in total. The fraction of sp³-hybridized carbons (Fsp3) is 0.250. The zero-order valence-corrected chi connectivity index (χ0v) is 6.46. The number of nitrogens with two attached hydrogens (primary N) is 1. The molecule has 0 amide bonds. The Morgan fingerprint density at radius 2 is 2.27 bits per heavy atom. The molecule has 0 bridgehead atoms. The van der Waals surface area contributed by atoms with Gasteiger partial charge in [0, 0.05) is 6.07 Å². The lowest BCUT2D eigenvalue weighted by molar-refractivity contribution is 0.475. The molecule has 11 heavy (non-hydrogen) atoms. The molecular formula is C8H12N2O. The third-order valence-corrected chi connectivity index (χ3v) is 1.63. The number of anilines is 1. The number of aryl methyl sites for hydroxylation is 1. The molecule has 0 aliphatic rings. The quantitative estimate of drug-likeness (QED) is 0.441. The fourth-order valence-electron chi connectivity index (χ4n) is 1.01. The summed E-state index contributed by atoms with van der Waals surface area (Å²) in [6.45, 7) is 2.03. The molecule has 3 nitrogen and oxygen atoms in total. The SMILES string of the molecule is CCc1ccc(O)cc1NN. The van der Waals surface area contributed by atoms with Gasteiger partial charge in [0.15, 0.2) is 0 Å². The Morgan fingerprint density at radius 3 is 2.82 bits per heavy atom. The van der Waals surface area contributed by atoms with Gasteiger partial charge in [0.1, 0.15) is 5.75 Å². The first-order valence-electron chi connectivity index (χ1n) is 3.56. The number of phenolic OH excluding ortho intramolecular Hbond substituents is 1. The Bertz CT molecular complexity index is 248. The number of benzene rings is 1. The molecular weight excluding hydrogens is 140 g/mol. The predicted molar refractivity (Wildman–Crippen MR) is 45.3 cm³/mol. The second kappa shape index (κ2) is 3.25. The van der Waals surface area contributed by atoms with Crippen LogP contribution in [0, 0.1) is 0 Å². The van der Waals surface area contributed by atoms with Crippen LogP contribution in [0.2, 0.25) is 0 Å². The van der Waals surface area contributed by atoms with Crippen LogP contribution in [0.5, 0.6) is 5.75 Å². The summed E-state index contributed by atoms with van der Waals surface area (Å²) >= 11 is 0. The van der Waals surface area contributed by atoms with Crippen molar-refractivity contribution in [3.8, 4) is 5.75 Å². The van der Waals surface area contributed by atoms with Crippen LogP contribution in [0.15, 0.2) is 18.2 Å². The Hall–Kier alpha value is -1.22. The number of hydrogen-bond acceptors (Lipinski definition) is 3. The van der Waals surface area contributed by atoms with Crippen molar-refractivity contribution < 1.29 is 5.11 Å². The summed E-state index contributed by atoms with van der Waals surface area (Å²) in [6.07, 6.45) is 0.903. The number of phenols is 1. The zero-order valence-electron chi connectivity index (χ0n) is 6.46. The van der Waals surface area contributed by atoms with E-state index in [-0.39, 0.29) is 5.75 Å². The monoisotopic (exact) mass is 152 g/mol.